The van der Waals surface area contributed by atoms with Crippen LogP contribution in [0.25, 0.3) is 0 Å². The van der Waals surface area contributed by atoms with Crippen LogP contribution in [0.15, 0.2) is 52.8 Å². The van der Waals surface area contributed by atoms with Crippen LogP contribution in [0.4, 0.5) is 0 Å². The highest BCUT2D eigenvalue weighted by Crippen LogP contribution is 2.20. The molecule has 1 aliphatic heterocycles. The molecule has 0 radical (unpaired) electrons. The van der Waals surface area contributed by atoms with E-state index in [9.17, 15) is 0 Å². The second-order valence-corrected chi connectivity index (χ2v) is 8.10. The highest BCUT2D eigenvalue weighted by atomic mass is 127. The first-order chi connectivity index (χ1) is 12.7. The van der Waals surface area contributed by atoms with Crippen LogP contribution in [0.3, 0.4) is 0 Å². The van der Waals surface area contributed by atoms with E-state index in [2.05, 4.69) is 75.0 Å². The summed E-state index contributed by atoms with van der Waals surface area (Å²) in [5, 5.41) is 5.75. The van der Waals surface area contributed by atoms with Crippen molar-refractivity contribution in [2.24, 2.45) is 10.9 Å². The molecule has 1 aromatic carbocycles. The smallest absolute Gasteiger partial charge is 0.193 e. The molecule has 2 aromatic rings. The summed E-state index contributed by atoms with van der Waals surface area (Å²) < 4.78 is 0. The van der Waals surface area contributed by atoms with Crippen LogP contribution < -0.4 is 5.32 Å². The molecule has 6 heteroatoms. The van der Waals surface area contributed by atoms with E-state index < -0.39 is 0 Å². The first-order valence-corrected chi connectivity index (χ1v) is 10.3. The molecule has 2 heterocycles. The summed E-state index contributed by atoms with van der Waals surface area (Å²) in [6.07, 6.45) is 2.52. The molecular weight excluding hydrogens is 467 g/mol. The van der Waals surface area contributed by atoms with Crippen molar-refractivity contribution in [1.29, 1.82) is 0 Å². The van der Waals surface area contributed by atoms with Gasteiger partial charge in [0.15, 0.2) is 5.96 Å². The Balaban J connectivity index is 0.00000261. The van der Waals surface area contributed by atoms with Crippen LogP contribution in [-0.4, -0.2) is 49.5 Å². The molecule has 0 amide bonds. The van der Waals surface area contributed by atoms with Gasteiger partial charge in [0.05, 0.1) is 0 Å². The minimum absolute atomic E-state index is 0. The standard InChI is InChI=1S/C21H30N4S.HI/c1-22-21(24(2)16-19-7-4-3-5-8-19)23-15-18-10-12-25(13-11-18)17-20-9-6-14-26-20;/h3-9,14,18H,10-13,15-17H2,1-2H3,(H,22,23);1H. The number of rotatable bonds is 6. The Hall–Kier alpha value is -1.12. The number of likely N-dealkylation sites (tertiary alicyclic amines) is 1. The van der Waals surface area contributed by atoms with Crippen molar-refractivity contribution >= 4 is 41.3 Å². The van der Waals surface area contributed by atoms with Gasteiger partial charge in [-0.25, -0.2) is 0 Å². The van der Waals surface area contributed by atoms with Gasteiger partial charge in [-0.1, -0.05) is 36.4 Å². The van der Waals surface area contributed by atoms with Crippen molar-refractivity contribution in [1.82, 2.24) is 15.1 Å². The van der Waals surface area contributed by atoms with Crippen molar-refractivity contribution in [3.63, 3.8) is 0 Å². The first-order valence-electron chi connectivity index (χ1n) is 9.45. The van der Waals surface area contributed by atoms with E-state index in [1.165, 1.54) is 36.4 Å². The SMILES string of the molecule is CN=C(NCC1CCN(Cc2cccs2)CC1)N(C)Cc1ccccc1.I. The molecular formula is C21H31IN4S. The van der Waals surface area contributed by atoms with Crippen LogP contribution in [0.5, 0.6) is 0 Å². The number of hydrogen-bond acceptors (Lipinski definition) is 3. The van der Waals surface area contributed by atoms with E-state index in [1.54, 1.807) is 0 Å². The van der Waals surface area contributed by atoms with Gasteiger partial charge in [-0.15, -0.1) is 35.3 Å². The molecule has 0 unspecified atom stereocenters. The molecule has 0 aliphatic carbocycles. The molecule has 1 N–H and O–H groups in total. The van der Waals surface area contributed by atoms with Gasteiger partial charge in [0.25, 0.3) is 0 Å². The van der Waals surface area contributed by atoms with Crippen molar-refractivity contribution in [2.45, 2.75) is 25.9 Å². The molecule has 27 heavy (non-hydrogen) atoms. The maximum Gasteiger partial charge on any atom is 0.193 e. The summed E-state index contributed by atoms with van der Waals surface area (Å²) >= 11 is 1.86. The third-order valence-corrected chi connectivity index (χ3v) is 5.91. The lowest BCUT2D eigenvalue weighted by molar-refractivity contribution is 0.179. The van der Waals surface area contributed by atoms with Gasteiger partial charge in [0.2, 0.25) is 0 Å². The quantitative estimate of drug-likeness (QED) is 0.367. The summed E-state index contributed by atoms with van der Waals surface area (Å²) in [7, 11) is 3.97. The summed E-state index contributed by atoms with van der Waals surface area (Å²) in [6, 6.07) is 14.9. The monoisotopic (exact) mass is 498 g/mol. The topological polar surface area (TPSA) is 30.9 Å². The molecule has 0 saturated carbocycles. The van der Waals surface area contributed by atoms with Gasteiger partial charge in [0, 0.05) is 38.6 Å². The third kappa shape index (κ3) is 7.08. The van der Waals surface area contributed by atoms with Crippen LogP contribution in [0, 0.1) is 5.92 Å². The molecule has 0 spiro atoms. The summed E-state index contributed by atoms with van der Waals surface area (Å²) in [5.74, 6) is 1.71. The van der Waals surface area contributed by atoms with Crippen LogP contribution in [-0.2, 0) is 13.1 Å². The Kier molecular flexibility index (Phi) is 9.58. The Morgan fingerprint density at radius 1 is 1.19 bits per heavy atom. The van der Waals surface area contributed by atoms with Gasteiger partial charge < -0.3 is 10.2 Å². The number of thiophene rings is 1. The van der Waals surface area contributed by atoms with Crippen LogP contribution in [0.2, 0.25) is 0 Å². The van der Waals surface area contributed by atoms with Gasteiger partial charge in [-0.05, 0) is 48.9 Å². The summed E-state index contributed by atoms with van der Waals surface area (Å²) in [4.78, 5) is 10.7. The molecule has 0 atom stereocenters. The zero-order valence-corrected chi connectivity index (χ0v) is 19.5. The molecule has 1 saturated heterocycles. The normalized spacial score (nSPS) is 16.0. The minimum Gasteiger partial charge on any atom is -0.356 e. The van der Waals surface area contributed by atoms with Gasteiger partial charge in [0.1, 0.15) is 0 Å². The molecule has 3 rings (SSSR count). The van der Waals surface area contributed by atoms with Crippen LogP contribution >= 0.6 is 35.3 Å². The minimum atomic E-state index is 0. The van der Waals surface area contributed by atoms with Crippen LogP contribution in [0.1, 0.15) is 23.3 Å². The van der Waals surface area contributed by atoms with Crippen molar-refractivity contribution in [2.75, 3.05) is 33.7 Å². The largest absolute Gasteiger partial charge is 0.356 e. The Bertz CT molecular complexity index is 667. The fraction of sp³-hybridized carbons (Fsp3) is 0.476. The number of guanidine groups is 1. The number of aliphatic imine (C=N–C) groups is 1. The molecule has 148 valence electrons. The van der Waals surface area contributed by atoms with Gasteiger partial charge in [-0.2, -0.15) is 0 Å². The number of piperidine rings is 1. The molecule has 0 bridgehead atoms. The number of nitrogens with one attached hydrogen (secondary N) is 1. The predicted molar refractivity (Wildman–Crippen MR) is 127 cm³/mol. The lowest BCUT2D eigenvalue weighted by Gasteiger charge is -2.32. The second-order valence-electron chi connectivity index (χ2n) is 7.07. The van der Waals surface area contributed by atoms with Crippen molar-refractivity contribution in [3.8, 4) is 0 Å². The highest BCUT2D eigenvalue weighted by Gasteiger charge is 2.20. The van der Waals surface area contributed by atoms with E-state index in [4.69, 9.17) is 0 Å². The number of nitrogens with zero attached hydrogens (tertiary/aromatic N) is 3. The lowest BCUT2D eigenvalue weighted by atomic mass is 9.97. The fourth-order valence-electron chi connectivity index (χ4n) is 3.52. The summed E-state index contributed by atoms with van der Waals surface area (Å²) in [6.45, 7) is 5.39. The predicted octanol–water partition coefficient (Wildman–Crippen LogP) is 4.29. The average molecular weight is 498 g/mol. The van der Waals surface area contributed by atoms with Gasteiger partial charge in [-0.3, -0.25) is 9.89 Å². The van der Waals surface area contributed by atoms with E-state index in [-0.39, 0.29) is 24.0 Å². The molecule has 1 aliphatic rings. The van der Waals surface area contributed by atoms with Crippen molar-refractivity contribution in [3.05, 3.63) is 58.3 Å². The Labute approximate surface area is 184 Å². The maximum absolute atomic E-state index is 4.46. The molecule has 1 fully saturated rings. The third-order valence-electron chi connectivity index (χ3n) is 5.05. The number of halogens is 1. The van der Waals surface area contributed by atoms with E-state index in [0.717, 1.165) is 31.5 Å². The maximum atomic E-state index is 4.46. The zero-order chi connectivity index (χ0) is 18.2. The highest BCUT2D eigenvalue weighted by molar-refractivity contribution is 14.0. The second kappa shape index (κ2) is 11.7. The zero-order valence-electron chi connectivity index (χ0n) is 16.3. The average Bonchev–Trinajstić information content (AvgIpc) is 3.17. The Morgan fingerprint density at radius 2 is 1.93 bits per heavy atom. The molecule has 1 aromatic heterocycles. The van der Waals surface area contributed by atoms with Crippen molar-refractivity contribution < 1.29 is 0 Å². The lowest BCUT2D eigenvalue weighted by Crippen LogP contribution is -2.43. The molecule has 4 nitrogen and oxygen atoms in total. The Morgan fingerprint density at radius 3 is 2.56 bits per heavy atom. The van der Waals surface area contributed by atoms with E-state index in [1.807, 2.05) is 18.4 Å². The fourth-order valence-corrected chi connectivity index (χ4v) is 4.27. The summed E-state index contributed by atoms with van der Waals surface area (Å²) in [5.41, 5.74) is 1.31. The van der Waals surface area contributed by atoms with E-state index in [0.29, 0.717) is 0 Å². The van der Waals surface area contributed by atoms with Gasteiger partial charge >= 0.3 is 0 Å². The number of benzene rings is 1. The first kappa shape index (κ1) is 22.2. The van der Waals surface area contributed by atoms with E-state index >= 15 is 0 Å². The number of hydrogen-bond donors (Lipinski definition) is 1.